The van der Waals surface area contributed by atoms with Crippen molar-refractivity contribution < 1.29 is 8.97 Å². The molecule has 0 saturated carbocycles. The van der Waals surface area contributed by atoms with Crippen molar-refractivity contribution in [1.29, 1.82) is 0 Å². The average Bonchev–Trinajstić information content (AvgIpc) is 3.04. The standard InChI is InChI=1S/C30H46N2S/c1-9-29(3)17-11-13-27(15-19-29)25-31(5,6)21-23-33-24-22-32(7,8)26-28-14-12-18-30(4,10-2)20-16-28/h9-20H,1-2,21-26H2,3-8H3/q+2. The maximum atomic E-state index is 3.97. The molecule has 2 unspecified atom stereocenters. The van der Waals surface area contributed by atoms with E-state index in [1.54, 1.807) is 0 Å². The largest absolute Gasteiger partial charge is 0.324 e. The lowest BCUT2D eigenvalue weighted by atomic mass is 9.90. The van der Waals surface area contributed by atoms with Gasteiger partial charge in [0.05, 0.1) is 41.3 Å². The third-order valence-electron chi connectivity index (χ3n) is 6.63. The number of rotatable bonds is 12. The van der Waals surface area contributed by atoms with Crippen molar-refractivity contribution in [3.8, 4) is 0 Å². The van der Waals surface area contributed by atoms with Gasteiger partial charge >= 0.3 is 0 Å². The molecule has 0 aromatic carbocycles. The molecule has 180 valence electrons. The second-order valence-electron chi connectivity index (χ2n) is 11.3. The Morgan fingerprint density at radius 2 is 1.12 bits per heavy atom. The van der Waals surface area contributed by atoms with Crippen LogP contribution in [0.3, 0.4) is 0 Å². The summed E-state index contributed by atoms with van der Waals surface area (Å²) < 4.78 is 2.01. The predicted molar refractivity (Wildman–Crippen MR) is 150 cm³/mol. The van der Waals surface area contributed by atoms with E-state index in [2.05, 4.69) is 128 Å². The molecule has 0 radical (unpaired) electrons. The fourth-order valence-corrected chi connectivity index (χ4v) is 5.36. The van der Waals surface area contributed by atoms with Gasteiger partial charge in [0.25, 0.3) is 0 Å². The van der Waals surface area contributed by atoms with E-state index in [0.29, 0.717) is 0 Å². The molecule has 3 heteroatoms. The molecular weight excluding hydrogens is 420 g/mol. The summed E-state index contributed by atoms with van der Waals surface area (Å²) in [5.74, 6) is 2.38. The highest BCUT2D eigenvalue weighted by Gasteiger charge is 2.21. The Hall–Kier alpha value is -1.81. The van der Waals surface area contributed by atoms with Crippen LogP contribution in [0.1, 0.15) is 13.8 Å². The number of nitrogens with zero attached hydrogens (tertiary/aromatic N) is 2. The van der Waals surface area contributed by atoms with Gasteiger partial charge in [-0.15, -0.1) is 13.2 Å². The lowest BCUT2D eigenvalue weighted by molar-refractivity contribution is -0.883. The van der Waals surface area contributed by atoms with Gasteiger partial charge in [0.15, 0.2) is 0 Å². The first-order valence-electron chi connectivity index (χ1n) is 12.0. The molecule has 2 atom stereocenters. The Labute approximate surface area is 208 Å². The van der Waals surface area contributed by atoms with Gasteiger partial charge < -0.3 is 8.97 Å². The Balaban J connectivity index is 1.75. The summed E-state index contributed by atoms with van der Waals surface area (Å²) in [6.45, 7) is 16.8. The van der Waals surface area contributed by atoms with Crippen LogP contribution in [0, 0.1) is 10.8 Å². The highest BCUT2D eigenvalue weighted by atomic mass is 32.2. The molecule has 0 fully saturated rings. The second kappa shape index (κ2) is 11.6. The van der Waals surface area contributed by atoms with E-state index < -0.39 is 0 Å². The van der Waals surface area contributed by atoms with E-state index in [0.717, 1.165) is 22.1 Å². The fraction of sp³-hybridized carbons (Fsp3) is 0.467. The summed E-state index contributed by atoms with van der Waals surface area (Å²) in [4.78, 5) is 0. The van der Waals surface area contributed by atoms with Crippen LogP contribution in [0.2, 0.25) is 0 Å². The minimum Gasteiger partial charge on any atom is -0.324 e. The monoisotopic (exact) mass is 466 g/mol. The maximum Gasteiger partial charge on any atom is 0.104 e. The first-order valence-corrected chi connectivity index (χ1v) is 13.2. The number of hydrogen-bond acceptors (Lipinski definition) is 1. The third-order valence-corrected chi connectivity index (χ3v) is 7.57. The number of thioether (sulfide) groups is 1. The molecule has 0 aromatic heterocycles. The summed E-state index contributed by atoms with van der Waals surface area (Å²) in [6, 6.07) is 0. The zero-order valence-electron chi connectivity index (χ0n) is 21.9. The minimum atomic E-state index is -0.0412. The molecule has 2 aliphatic carbocycles. The van der Waals surface area contributed by atoms with E-state index in [4.69, 9.17) is 0 Å². The summed E-state index contributed by atoms with van der Waals surface area (Å²) >= 11 is 2.09. The van der Waals surface area contributed by atoms with Crippen molar-refractivity contribution >= 4 is 11.8 Å². The Bertz CT molecular complexity index is 809. The zero-order chi connectivity index (χ0) is 24.6. The summed E-state index contributed by atoms with van der Waals surface area (Å²) in [5.41, 5.74) is 2.69. The normalized spacial score (nSPS) is 25.3. The Kier molecular flexibility index (Phi) is 9.60. The smallest absolute Gasteiger partial charge is 0.104 e. The van der Waals surface area contributed by atoms with Gasteiger partial charge in [-0.05, 0) is 13.8 Å². The maximum absolute atomic E-state index is 3.97. The van der Waals surface area contributed by atoms with Gasteiger partial charge in [-0.25, -0.2) is 0 Å². The summed E-state index contributed by atoms with van der Waals surface area (Å²) in [5, 5.41) is 0. The second-order valence-corrected chi connectivity index (χ2v) is 12.5. The predicted octanol–water partition coefficient (Wildman–Crippen LogP) is 6.36. The van der Waals surface area contributed by atoms with Crippen molar-refractivity contribution in [3.63, 3.8) is 0 Å². The van der Waals surface area contributed by atoms with Gasteiger partial charge in [-0.3, -0.25) is 0 Å². The number of allylic oxidation sites excluding steroid dienone is 10. The summed E-state index contributed by atoms with van der Waals surface area (Å²) in [7, 11) is 9.36. The fourth-order valence-electron chi connectivity index (χ4n) is 3.91. The van der Waals surface area contributed by atoms with Crippen LogP contribution in [0.15, 0.2) is 97.2 Å². The van der Waals surface area contributed by atoms with Crippen molar-refractivity contribution in [2.45, 2.75) is 13.8 Å². The Morgan fingerprint density at radius 3 is 1.48 bits per heavy atom. The van der Waals surface area contributed by atoms with Crippen LogP contribution < -0.4 is 0 Å². The van der Waals surface area contributed by atoms with Gasteiger partial charge in [0, 0.05) is 33.5 Å². The molecule has 0 bridgehead atoms. The molecule has 2 aliphatic rings. The SMILES string of the molecule is C=CC1(C)C=CC=C(C[N+](C)(C)CCSCC[N+](C)(C)CC2=CC=CC(C)(C=C)C=C2)C=C1. The molecule has 0 heterocycles. The zero-order valence-corrected chi connectivity index (χ0v) is 22.7. The lowest BCUT2D eigenvalue weighted by Gasteiger charge is -2.31. The van der Waals surface area contributed by atoms with Crippen molar-refractivity contribution in [2.75, 3.05) is 65.9 Å². The molecule has 0 aliphatic heterocycles. The topological polar surface area (TPSA) is 0 Å². The summed E-state index contributed by atoms with van der Waals surface area (Å²) in [6.07, 6.45) is 26.4. The highest BCUT2D eigenvalue weighted by Crippen LogP contribution is 2.26. The quantitative estimate of drug-likeness (QED) is 0.183. The molecule has 0 N–H and O–H groups in total. The van der Waals surface area contributed by atoms with Crippen LogP contribution in [0.4, 0.5) is 0 Å². The molecule has 2 rings (SSSR count). The lowest BCUT2D eigenvalue weighted by Crippen LogP contribution is -2.44. The molecule has 0 aromatic rings. The van der Waals surface area contributed by atoms with E-state index >= 15 is 0 Å². The van der Waals surface area contributed by atoms with Crippen molar-refractivity contribution in [3.05, 3.63) is 97.2 Å². The van der Waals surface area contributed by atoms with E-state index in [9.17, 15) is 0 Å². The number of hydrogen-bond donors (Lipinski definition) is 0. The highest BCUT2D eigenvalue weighted by molar-refractivity contribution is 7.99. The average molecular weight is 467 g/mol. The minimum absolute atomic E-state index is 0.0412. The van der Waals surface area contributed by atoms with Gasteiger partial charge in [-0.2, -0.15) is 11.8 Å². The van der Waals surface area contributed by atoms with Crippen LogP contribution in [-0.2, 0) is 0 Å². The third kappa shape index (κ3) is 9.52. The van der Waals surface area contributed by atoms with Crippen molar-refractivity contribution in [1.82, 2.24) is 0 Å². The molecule has 2 nitrogen and oxygen atoms in total. The molecule has 33 heavy (non-hydrogen) atoms. The first-order chi connectivity index (χ1) is 15.4. The van der Waals surface area contributed by atoms with Crippen LogP contribution in [0.5, 0.6) is 0 Å². The molecule has 0 saturated heterocycles. The van der Waals surface area contributed by atoms with Gasteiger partial charge in [-0.1, -0.05) is 72.9 Å². The van der Waals surface area contributed by atoms with E-state index in [1.165, 1.54) is 35.7 Å². The number of likely N-dealkylation sites (N-methyl/N-ethyl adjacent to an activating group) is 2. The van der Waals surface area contributed by atoms with E-state index in [1.807, 2.05) is 12.2 Å². The van der Waals surface area contributed by atoms with E-state index in [-0.39, 0.29) is 10.8 Å². The molecular formula is C30H46N2S+2. The van der Waals surface area contributed by atoms with Crippen LogP contribution in [0.25, 0.3) is 0 Å². The first kappa shape index (κ1) is 27.4. The Morgan fingerprint density at radius 1 is 0.727 bits per heavy atom. The molecule has 0 spiro atoms. The van der Waals surface area contributed by atoms with Crippen molar-refractivity contribution in [2.24, 2.45) is 10.8 Å². The van der Waals surface area contributed by atoms with Gasteiger partial charge in [0.2, 0.25) is 0 Å². The van der Waals surface area contributed by atoms with Crippen LogP contribution in [-0.4, -0.2) is 74.8 Å². The molecule has 0 amide bonds. The van der Waals surface area contributed by atoms with Crippen LogP contribution >= 0.6 is 11.8 Å². The number of quaternary nitrogens is 2. The van der Waals surface area contributed by atoms with Gasteiger partial charge in [0.1, 0.15) is 13.1 Å².